The second-order valence-corrected chi connectivity index (χ2v) is 4.40. The van der Waals surface area contributed by atoms with Crippen molar-refractivity contribution in [2.24, 2.45) is 11.8 Å². The van der Waals surface area contributed by atoms with Crippen molar-refractivity contribution in [2.45, 2.75) is 12.2 Å². The van der Waals surface area contributed by atoms with Crippen LogP contribution in [0.15, 0.2) is 30.6 Å². The number of carbonyl (C=O) groups excluding carboxylic acids is 1. The number of carboxylic acid groups (broad SMARTS) is 1. The number of aromatic nitrogens is 2. The number of hydrogen-bond donors (Lipinski definition) is 2. The molecule has 7 nitrogen and oxygen atoms in total. The number of hydrogen-bond acceptors (Lipinski definition) is 5. The van der Waals surface area contributed by atoms with Crippen molar-refractivity contribution >= 4 is 17.8 Å². The van der Waals surface area contributed by atoms with Gasteiger partial charge < -0.3 is 9.84 Å². The van der Waals surface area contributed by atoms with Crippen molar-refractivity contribution in [1.29, 1.82) is 0 Å². The van der Waals surface area contributed by atoms with Crippen molar-refractivity contribution in [3.63, 3.8) is 0 Å². The molecule has 0 saturated carbocycles. The molecule has 1 amide bonds. The molecule has 7 heteroatoms. The average Bonchev–Trinajstić information content (AvgIpc) is 2.99. The van der Waals surface area contributed by atoms with Gasteiger partial charge in [0.25, 0.3) is 0 Å². The molecule has 1 aromatic heterocycles. The van der Waals surface area contributed by atoms with Crippen LogP contribution in [-0.2, 0) is 14.3 Å². The van der Waals surface area contributed by atoms with Gasteiger partial charge in [0.2, 0.25) is 11.9 Å². The Bertz CT molecular complexity index is 545. The molecule has 0 unspecified atom stereocenters. The lowest BCUT2D eigenvalue weighted by atomic mass is 9.82. The molecule has 2 bridgehead atoms. The van der Waals surface area contributed by atoms with E-state index in [9.17, 15) is 14.7 Å². The summed E-state index contributed by atoms with van der Waals surface area (Å²) in [5, 5.41) is 11.7. The number of fused-ring (bicyclic) bond motifs is 2. The van der Waals surface area contributed by atoms with Gasteiger partial charge in [-0.15, -0.1) is 0 Å². The molecule has 0 aliphatic carbocycles. The highest BCUT2D eigenvalue weighted by atomic mass is 16.5. The largest absolute Gasteiger partial charge is 0.481 e. The maximum atomic E-state index is 12.2. The molecule has 2 aliphatic heterocycles. The van der Waals surface area contributed by atoms with Gasteiger partial charge in [0, 0.05) is 12.4 Å². The van der Waals surface area contributed by atoms with Gasteiger partial charge in [0.1, 0.15) is 5.92 Å². The van der Waals surface area contributed by atoms with E-state index in [1.807, 2.05) is 0 Å². The van der Waals surface area contributed by atoms with Gasteiger partial charge in [-0.25, -0.2) is 9.97 Å². The number of amides is 1. The van der Waals surface area contributed by atoms with Gasteiger partial charge in [-0.2, -0.15) is 0 Å². The second-order valence-electron chi connectivity index (χ2n) is 4.40. The lowest BCUT2D eigenvalue weighted by Gasteiger charge is -2.20. The number of carboxylic acids is 1. The fraction of sp³-hybridized carbons (Fsp3) is 0.333. The molecule has 0 aromatic carbocycles. The highest BCUT2D eigenvalue weighted by molar-refractivity contribution is 5.95. The molecule has 1 fully saturated rings. The van der Waals surface area contributed by atoms with E-state index in [2.05, 4.69) is 15.3 Å². The molecule has 3 rings (SSSR count). The fourth-order valence-corrected chi connectivity index (χ4v) is 2.47. The standard InChI is InChI=1S/C12H11N3O4/c16-10(15-12-13-4-1-5-14-12)8-6-2-3-7(19-6)9(8)11(17)18/h1-9H,(H,17,18)(H,13,14,15,16)/t6-,7+,8+,9+/m1/s1. The van der Waals surface area contributed by atoms with Gasteiger partial charge in [0.15, 0.2) is 0 Å². The summed E-state index contributed by atoms with van der Waals surface area (Å²) in [7, 11) is 0. The fourth-order valence-electron chi connectivity index (χ4n) is 2.47. The Labute approximate surface area is 108 Å². The summed E-state index contributed by atoms with van der Waals surface area (Å²) >= 11 is 0. The number of ether oxygens (including phenoxy) is 1. The van der Waals surface area contributed by atoms with E-state index < -0.39 is 35.9 Å². The van der Waals surface area contributed by atoms with Gasteiger partial charge in [-0.1, -0.05) is 12.2 Å². The zero-order valence-corrected chi connectivity index (χ0v) is 9.76. The summed E-state index contributed by atoms with van der Waals surface area (Å²) in [6, 6.07) is 1.62. The third-order valence-corrected chi connectivity index (χ3v) is 3.29. The van der Waals surface area contributed by atoms with Crippen LogP contribution in [0.25, 0.3) is 0 Å². The second kappa shape index (κ2) is 4.43. The number of nitrogens with one attached hydrogen (secondary N) is 1. The lowest BCUT2D eigenvalue weighted by Crippen LogP contribution is -2.39. The predicted octanol–water partition coefficient (Wildman–Crippen LogP) is 0.0693. The van der Waals surface area contributed by atoms with Crippen molar-refractivity contribution in [2.75, 3.05) is 5.32 Å². The zero-order valence-electron chi connectivity index (χ0n) is 9.76. The molecule has 3 heterocycles. The van der Waals surface area contributed by atoms with Gasteiger partial charge in [-0.3, -0.25) is 14.9 Å². The molecular formula is C12H11N3O4. The van der Waals surface area contributed by atoms with Crippen LogP contribution < -0.4 is 5.32 Å². The van der Waals surface area contributed by atoms with Crippen LogP contribution in [0.1, 0.15) is 0 Å². The topological polar surface area (TPSA) is 101 Å². The number of anilines is 1. The summed E-state index contributed by atoms with van der Waals surface area (Å²) in [6.45, 7) is 0. The van der Waals surface area contributed by atoms with Crippen molar-refractivity contribution in [3.05, 3.63) is 30.6 Å². The quantitative estimate of drug-likeness (QED) is 0.746. The first-order valence-electron chi connectivity index (χ1n) is 5.81. The molecule has 4 atom stereocenters. The Morgan fingerprint density at radius 3 is 2.42 bits per heavy atom. The van der Waals surface area contributed by atoms with Crippen molar-refractivity contribution in [1.82, 2.24) is 9.97 Å². The molecule has 98 valence electrons. The minimum atomic E-state index is -1.04. The molecule has 0 radical (unpaired) electrons. The number of carbonyl (C=O) groups is 2. The van der Waals surface area contributed by atoms with Gasteiger partial charge >= 0.3 is 5.97 Å². The van der Waals surface area contributed by atoms with Gasteiger partial charge in [0.05, 0.1) is 18.1 Å². The molecule has 1 saturated heterocycles. The molecule has 0 spiro atoms. The maximum Gasteiger partial charge on any atom is 0.310 e. The van der Waals surface area contributed by atoms with E-state index in [-0.39, 0.29) is 5.95 Å². The summed E-state index contributed by atoms with van der Waals surface area (Å²) in [5.74, 6) is -2.93. The van der Waals surface area contributed by atoms with E-state index in [1.165, 1.54) is 12.4 Å². The number of rotatable bonds is 3. The molecule has 1 aromatic rings. The van der Waals surface area contributed by atoms with Crippen LogP contribution in [-0.4, -0.2) is 39.2 Å². The van der Waals surface area contributed by atoms with Crippen LogP contribution in [0.4, 0.5) is 5.95 Å². The average molecular weight is 261 g/mol. The Kier molecular flexibility index (Phi) is 2.75. The Morgan fingerprint density at radius 1 is 1.16 bits per heavy atom. The first kappa shape index (κ1) is 11.8. The minimum absolute atomic E-state index is 0.156. The number of aliphatic carboxylic acids is 1. The predicted molar refractivity (Wildman–Crippen MR) is 63.1 cm³/mol. The van der Waals surface area contributed by atoms with Crippen LogP contribution in [0.5, 0.6) is 0 Å². The highest BCUT2D eigenvalue weighted by Gasteiger charge is 2.53. The van der Waals surface area contributed by atoms with Crippen LogP contribution in [0.2, 0.25) is 0 Å². The smallest absolute Gasteiger partial charge is 0.310 e. The summed E-state index contributed by atoms with van der Waals surface area (Å²) < 4.78 is 5.42. The van der Waals surface area contributed by atoms with Gasteiger partial charge in [-0.05, 0) is 6.07 Å². The van der Waals surface area contributed by atoms with Crippen molar-refractivity contribution < 1.29 is 19.4 Å². The van der Waals surface area contributed by atoms with Crippen LogP contribution >= 0.6 is 0 Å². The minimum Gasteiger partial charge on any atom is -0.481 e. The Hall–Kier alpha value is -2.28. The van der Waals surface area contributed by atoms with E-state index in [0.29, 0.717) is 0 Å². The molecule has 2 N–H and O–H groups in total. The summed E-state index contributed by atoms with van der Waals surface area (Å²) in [5.41, 5.74) is 0. The van der Waals surface area contributed by atoms with Crippen molar-refractivity contribution in [3.8, 4) is 0 Å². The SMILES string of the molecule is O=C(O)[C@@H]1[C@@H](C(=O)Nc2ncccn2)[C@H]2C=C[C@@H]1O2. The molecular weight excluding hydrogens is 250 g/mol. The number of nitrogens with zero attached hydrogens (tertiary/aromatic N) is 2. The van der Waals surface area contributed by atoms with Crippen LogP contribution in [0.3, 0.4) is 0 Å². The Balaban J connectivity index is 1.79. The third kappa shape index (κ3) is 1.97. The first-order chi connectivity index (χ1) is 9.16. The van der Waals surface area contributed by atoms with E-state index >= 15 is 0 Å². The molecule has 2 aliphatic rings. The van der Waals surface area contributed by atoms with E-state index in [1.54, 1.807) is 18.2 Å². The Morgan fingerprint density at radius 2 is 1.79 bits per heavy atom. The summed E-state index contributed by atoms with van der Waals surface area (Å²) in [4.78, 5) is 31.1. The lowest BCUT2D eigenvalue weighted by molar-refractivity contribution is -0.145. The molecule has 19 heavy (non-hydrogen) atoms. The third-order valence-electron chi connectivity index (χ3n) is 3.29. The van der Waals surface area contributed by atoms with E-state index in [4.69, 9.17) is 4.74 Å². The zero-order chi connectivity index (χ0) is 13.4. The van der Waals surface area contributed by atoms with E-state index in [0.717, 1.165) is 0 Å². The summed E-state index contributed by atoms with van der Waals surface area (Å²) in [6.07, 6.45) is 5.37. The maximum absolute atomic E-state index is 12.2. The highest BCUT2D eigenvalue weighted by Crippen LogP contribution is 2.39. The van der Waals surface area contributed by atoms with Crippen LogP contribution in [0, 0.1) is 11.8 Å². The monoisotopic (exact) mass is 261 g/mol. The first-order valence-corrected chi connectivity index (χ1v) is 5.81. The normalized spacial score (nSPS) is 31.4.